The zero-order valence-corrected chi connectivity index (χ0v) is 19.6. The number of imidazole rings is 1. The van der Waals surface area contributed by atoms with E-state index in [4.69, 9.17) is 11.6 Å². The maximum atomic E-state index is 13.1. The highest BCUT2D eigenvalue weighted by Gasteiger charge is 2.59. The minimum atomic E-state index is -4.62. The Hall–Kier alpha value is -3.34. The summed E-state index contributed by atoms with van der Waals surface area (Å²) in [5, 5.41) is -0.424. The molecule has 2 amide bonds. The number of carbonyl (C=O) groups is 2. The summed E-state index contributed by atoms with van der Waals surface area (Å²) >= 11 is 5.85. The molecule has 2 aromatic heterocycles. The molecule has 36 heavy (non-hydrogen) atoms. The van der Waals surface area contributed by atoms with Crippen LogP contribution in [-0.4, -0.2) is 68.5 Å². The van der Waals surface area contributed by atoms with E-state index in [1.807, 2.05) is 11.0 Å². The van der Waals surface area contributed by atoms with Gasteiger partial charge in [0, 0.05) is 37.9 Å². The first kappa shape index (κ1) is 23.1. The molecule has 188 valence electrons. The molecular formula is C24H21ClF3N5O3. The van der Waals surface area contributed by atoms with Gasteiger partial charge in [-0.1, -0.05) is 11.6 Å². The number of carbonyl (C=O) groups excluding carboxylic acids is 2. The molecule has 1 aromatic carbocycles. The number of nitrogens with one attached hydrogen (secondary N) is 1. The van der Waals surface area contributed by atoms with E-state index in [2.05, 4.69) is 9.97 Å². The molecule has 4 heterocycles. The lowest BCUT2D eigenvalue weighted by Crippen LogP contribution is -2.44. The van der Waals surface area contributed by atoms with Crippen molar-refractivity contribution in [2.45, 2.75) is 12.7 Å². The number of halogens is 4. The molecule has 3 aliphatic rings. The van der Waals surface area contributed by atoms with E-state index in [1.54, 1.807) is 23.4 Å². The Morgan fingerprint density at radius 1 is 0.972 bits per heavy atom. The van der Waals surface area contributed by atoms with Gasteiger partial charge in [-0.3, -0.25) is 14.4 Å². The Morgan fingerprint density at radius 3 is 2.14 bits per heavy atom. The summed E-state index contributed by atoms with van der Waals surface area (Å²) in [6, 6.07) is 6.52. The van der Waals surface area contributed by atoms with Crippen LogP contribution in [0.5, 0.6) is 0 Å². The molecule has 1 N–H and O–H groups in total. The average molecular weight is 520 g/mol. The fraction of sp³-hybridized carbons (Fsp3) is 0.417. The summed E-state index contributed by atoms with van der Waals surface area (Å²) in [6.07, 6.45) is -2.10. The van der Waals surface area contributed by atoms with Crippen LogP contribution < -0.4 is 5.56 Å². The molecule has 4 atom stereocenters. The number of aromatic amines is 1. The van der Waals surface area contributed by atoms with Gasteiger partial charge < -0.3 is 19.4 Å². The monoisotopic (exact) mass is 519 g/mol. The Kier molecular flexibility index (Phi) is 5.19. The van der Waals surface area contributed by atoms with Crippen molar-refractivity contribution in [3.63, 3.8) is 0 Å². The Bertz CT molecular complexity index is 1430. The van der Waals surface area contributed by atoms with Crippen LogP contribution in [0.1, 0.15) is 20.7 Å². The third-order valence-electron chi connectivity index (χ3n) is 7.81. The van der Waals surface area contributed by atoms with Crippen molar-refractivity contribution in [1.29, 1.82) is 0 Å². The van der Waals surface area contributed by atoms with Crippen molar-refractivity contribution in [3.05, 3.63) is 63.3 Å². The molecule has 0 radical (unpaired) electrons. The van der Waals surface area contributed by atoms with Gasteiger partial charge in [0.15, 0.2) is 0 Å². The van der Waals surface area contributed by atoms with Gasteiger partial charge in [-0.25, -0.2) is 4.98 Å². The molecule has 8 nitrogen and oxygen atoms in total. The summed E-state index contributed by atoms with van der Waals surface area (Å²) in [4.78, 5) is 48.9. The van der Waals surface area contributed by atoms with Crippen LogP contribution in [0, 0.1) is 23.7 Å². The maximum absolute atomic E-state index is 13.1. The second-order valence-corrected chi connectivity index (χ2v) is 10.2. The van der Waals surface area contributed by atoms with Crippen LogP contribution in [0.4, 0.5) is 13.2 Å². The molecule has 1 saturated carbocycles. The Labute approximate surface area is 207 Å². The van der Waals surface area contributed by atoms with Gasteiger partial charge >= 0.3 is 6.18 Å². The van der Waals surface area contributed by atoms with E-state index in [1.165, 1.54) is 0 Å². The van der Waals surface area contributed by atoms with Gasteiger partial charge in [-0.15, -0.1) is 0 Å². The molecule has 2 aliphatic heterocycles. The van der Waals surface area contributed by atoms with E-state index < -0.39 is 29.2 Å². The molecule has 12 heteroatoms. The van der Waals surface area contributed by atoms with Gasteiger partial charge in [0.05, 0.1) is 22.9 Å². The third-order valence-corrected chi connectivity index (χ3v) is 8.08. The number of H-pyrrole nitrogens is 1. The lowest BCUT2D eigenvalue weighted by Gasteiger charge is -2.42. The first-order chi connectivity index (χ1) is 17.1. The number of rotatable bonds is 3. The SMILES string of the molecule is O=C(c1ccc2nc[nH]c2c1)N1C[C@@H]2[C@H](C1)[C@H]1CN(C(=O)c3cc(Cl)c(=O)n(CC(F)(F)F)c3)C[C@@H]21. The zero-order chi connectivity index (χ0) is 25.4. The smallest absolute Gasteiger partial charge is 0.345 e. The van der Waals surface area contributed by atoms with Gasteiger partial charge in [0.25, 0.3) is 17.4 Å². The number of hydrogen-bond donors (Lipinski definition) is 1. The van der Waals surface area contributed by atoms with Gasteiger partial charge in [0.1, 0.15) is 11.6 Å². The summed E-state index contributed by atoms with van der Waals surface area (Å²) < 4.78 is 39.0. The number of fused-ring (bicyclic) bond motifs is 5. The van der Waals surface area contributed by atoms with E-state index in [0.29, 0.717) is 36.3 Å². The average Bonchev–Trinajstić information content (AvgIpc) is 3.53. The molecule has 3 fully saturated rings. The summed E-state index contributed by atoms with van der Waals surface area (Å²) in [6.45, 7) is 0.622. The number of aromatic nitrogens is 3. The van der Waals surface area contributed by atoms with E-state index in [9.17, 15) is 27.6 Å². The van der Waals surface area contributed by atoms with E-state index >= 15 is 0 Å². The lowest BCUT2D eigenvalue weighted by atomic mass is 9.60. The molecule has 1 aliphatic carbocycles. The zero-order valence-electron chi connectivity index (χ0n) is 18.8. The summed E-state index contributed by atoms with van der Waals surface area (Å²) in [7, 11) is 0. The van der Waals surface area contributed by atoms with Crippen molar-refractivity contribution < 1.29 is 22.8 Å². The first-order valence-corrected chi connectivity index (χ1v) is 12.0. The van der Waals surface area contributed by atoms with Crippen LogP contribution in [0.3, 0.4) is 0 Å². The van der Waals surface area contributed by atoms with Crippen LogP contribution in [0.2, 0.25) is 5.02 Å². The fourth-order valence-corrected chi connectivity index (χ4v) is 6.39. The number of nitrogens with zero attached hydrogens (tertiary/aromatic N) is 4. The second-order valence-electron chi connectivity index (χ2n) is 9.84. The predicted octanol–water partition coefficient (Wildman–Crippen LogP) is 3.03. The van der Waals surface area contributed by atoms with Crippen molar-refractivity contribution in [1.82, 2.24) is 24.3 Å². The van der Waals surface area contributed by atoms with Crippen molar-refractivity contribution in [3.8, 4) is 0 Å². The number of pyridine rings is 1. The van der Waals surface area contributed by atoms with Crippen LogP contribution in [0.25, 0.3) is 11.0 Å². The first-order valence-electron chi connectivity index (χ1n) is 11.6. The number of alkyl halides is 3. The number of likely N-dealkylation sites (tertiary alicyclic amines) is 2. The van der Waals surface area contributed by atoms with E-state index in [-0.39, 0.29) is 35.1 Å². The van der Waals surface area contributed by atoms with Crippen LogP contribution in [0.15, 0.2) is 41.6 Å². The largest absolute Gasteiger partial charge is 0.406 e. The van der Waals surface area contributed by atoms with Crippen molar-refractivity contribution in [2.75, 3.05) is 26.2 Å². The van der Waals surface area contributed by atoms with Crippen LogP contribution >= 0.6 is 11.6 Å². The lowest BCUT2D eigenvalue weighted by molar-refractivity contribution is -0.141. The van der Waals surface area contributed by atoms with Crippen LogP contribution in [-0.2, 0) is 6.54 Å². The maximum Gasteiger partial charge on any atom is 0.406 e. The van der Waals surface area contributed by atoms with Gasteiger partial charge in [0.2, 0.25) is 0 Å². The molecule has 6 rings (SSSR count). The summed E-state index contributed by atoms with van der Waals surface area (Å²) in [5.74, 6) is 0.521. The van der Waals surface area contributed by atoms with E-state index in [0.717, 1.165) is 23.3 Å². The number of amides is 2. The standard InChI is InChI=1S/C24H21ClF3N5O3/c25-18-3-13(5-33(23(18)36)10-24(26,27)28)22(35)32-8-16-14-6-31(7-15(14)17(16)9-32)21(34)12-1-2-19-20(4-12)30-11-29-19/h1-5,11,14-17H,6-10H2,(H,29,30)/t14-,15+,16+,17-. The molecule has 0 bridgehead atoms. The highest BCUT2D eigenvalue weighted by Crippen LogP contribution is 2.54. The topological polar surface area (TPSA) is 91.3 Å². The molecule has 0 spiro atoms. The molecule has 3 aromatic rings. The second kappa shape index (κ2) is 8.09. The molecular weight excluding hydrogens is 499 g/mol. The number of benzene rings is 1. The Morgan fingerprint density at radius 2 is 1.56 bits per heavy atom. The summed E-state index contributed by atoms with van der Waals surface area (Å²) in [5.41, 5.74) is 1.17. The van der Waals surface area contributed by atoms with Gasteiger partial charge in [-0.05, 0) is 47.9 Å². The predicted molar refractivity (Wildman–Crippen MR) is 124 cm³/mol. The normalized spacial score (nSPS) is 25.1. The minimum Gasteiger partial charge on any atom is -0.345 e. The Balaban J connectivity index is 1.14. The fourth-order valence-electron chi connectivity index (χ4n) is 6.17. The number of hydrogen-bond acceptors (Lipinski definition) is 4. The van der Waals surface area contributed by atoms with Crippen molar-refractivity contribution >= 4 is 34.4 Å². The minimum absolute atomic E-state index is 0.0338. The quantitative estimate of drug-likeness (QED) is 0.576. The third kappa shape index (κ3) is 3.76. The highest BCUT2D eigenvalue weighted by molar-refractivity contribution is 6.30. The molecule has 2 saturated heterocycles. The van der Waals surface area contributed by atoms with Crippen molar-refractivity contribution in [2.24, 2.45) is 23.7 Å². The molecule has 0 unspecified atom stereocenters. The highest BCUT2D eigenvalue weighted by atomic mass is 35.5. The van der Waals surface area contributed by atoms with Gasteiger partial charge in [-0.2, -0.15) is 13.2 Å².